The Hall–Kier alpha value is -0.510. The zero-order valence-electron chi connectivity index (χ0n) is 8.93. The number of hydrogen-bond donors (Lipinski definition) is 3. The first-order valence-corrected chi connectivity index (χ1v) is 5.88. The summed E-state index contributed by atoms with van der Waals surface area (Å²) in [4.78, 5) is 0. The number of aliphatic hydroxyl groups is 2. The van der Waals surface area contributed by atoms with E-state index in [2.05, 4.69) is 12.6 Å². The maximum atomic E-state index is 9.95. The largest absolute Gasteiger partial charge is 0.390 e. The fraction of sp³-hybridized carbons (Fsp3) is 0.500. The Morgan fingerprint density at radius 3 is 2.53 bits per heavy atom. The number of aliphatic hydroxyl groups excluding tert-OH is 2. The lowest BCUT2D eigenvalue weighted by molar-refractivity contribution is 0.0167. The minimum atomic E-state index is -0.798. The van der Waals surface area contributed by atoms with Crippen LogP contribution in [-0.4, -0.2) is 22.1 Å². The van der Waals surface area contributed by atoms with Crippen molar-refractivity contribution in [1.29, 1.82) is 0 Å². The summed E-state index contributed by atoms with van der Waals surface area (Å²) in [7, 11) is 0. The SMILES string of the molecule is CCc1ccccc1C(O)C(O)CCS. The van der Waals surface area contributed by atoms with Gasteiger partial charge in [0.05, 0.1) is 6.10 Å². The molecule has 1 aromatic carbocycles. The Kier molecular flexibility index (Phi) is 5.15. The average Bonchev–Trinajstić information content (AvgIpc) is 2.28. The number of aryl methyl sites for hydroxylation is 1. The van der Waals surface area contributed by atoms with Gasteiger partial charge in [-0.1, -0.05) is 31.2 Å². The summed E-state index contributed by atoms with van der Waals surface area (Å²) in [6.45, 7) is 2.04. The van der Waals surface area contributed by atoms with E-state index < -0.39 is 12.2 Å². The van der Waals surface area contributed by atoms with Gasteiger partial charge in [-0.05, 0) is 29.7 Å². The zero-order valence-corrected chi connectivity index (χ0v) is 9.82. The van der Waals surface area contributed by atoms with E-state index >= 15 is 0 Å². The molecule has 0 radical (unpaired) electrons. The average molecular weight is 226 g/mol. The highest BCUT2D eigenvalue weighted by atomic mass is 32.1. The first-order valence-electron chi connectivity index (χ1n) is 5.25. The number of rotatable bonds is 5. The van der Waals surface area contributed by atoms with Crippen molar-refractivity contribution in [2.45, 2.75) is 32.0 Å². The molecule has 2 unspecified atom stereocenters. The molecule has 3 heteroatoms. The summed E-state index contributed by atoms with van der Waals surface area (Å²) in [6.07, 6.45) is -0.160. The molecule has 0 aliphatic carbocycles. The molecule has 0 aromatic heterocycles. The van der Waals surface area contributed by atoms with Crippen LogP contribution in [-0.2, 0) is 6.42 Å². The first kappa shape index (κ1) is 12.6. The molecule has 0 aliphatic rings. The van der Waals surface area contributed by atoms with Crippen molar-refractivity contribution in [2.75, 3.05) is 5.75 Å². The predicted molar refractivity (Wildman–Crippen MR) is 65.3 cm³/mol. The van der Waals surface area contributed by atoms with Crippen molar-refractivity contribution < 1.29 is 10.2 Å². The maximum absolute atomic E-state index is 9.95. The Labute approximate surface area is 96.4 Å². The summed E-state index contributed by atoms with van der Waals surface area (Å²) in [5.41, 5.74) is 1.91. The Morgan fingerprint density at radius 1 is 1.27 bits per heavy atom. The van der Waals surface area contributed by atoms with Crippen LogP contribution < -0.4 is 0 Å². The highest BCUT2D eigenvalue weighted by molar-refractivity contribution is 7.80. The fourth-order valence-corrected chi connectivity index (χ4v) is 1.91. The minimum absolute atomic E-state index is 0.502. The number of hydrogen-bond acceptors (Lipinski definition) is 3. The second kappa shape index (κ2) is 6.16. The van der Waals surface area contributed by atoms with Gasteiger partial charge < -0.3 is 10.2 Å². The van der Waals surface area contributed by atoms with Crippen molar-refractivity contribution in [1.82, 2.24) is 0 Å². The monoisotopic (exact) mass is 226 g/mol. The molecule has 0 spiro atoms. The lowest BCUT2D eigenvalue weighted by atomic mass is 9.96. The van der Waals surface area contributed by atoms with Crippen LogP contribution in [0.25, 0.3) is 0 Å². The van der Waals surface area contributed by atoms with Gasteiger partial charge in [0, 0.05) is 0 Å². The number of thiol groups is 1. The van der Waals surface area contributed by atoms with E-state index in [9.17, 15) is 10.2 Å². The maximum Gasteiger partial charge on any atom is 0.105 e. The van der Waals surface area contributed by atoms with E-state index in [0.29, 0.717) is 12.2 Å². The van der Waals surface area contributed by atoms with Crippen LogP contribution in [0.1, 0.15) is 30.6 Å². The van der Waals surface area contributed by atoms with Crippen molar-refractivity contribution in [3.63, 3.8) is 0 Å². The van der Waals surface area contributed by atoms with Gasteiger partial charge in [-0.2, -0.15) is 12.6 Å². The smallest absolute Gasteiger partial charge is 0.105 e. The minimum Gasteiger partial charge on any atom is -0.390 e. The predicted octanol–water partition coefficient (Wildman–Crippen LogP) is 1.96. The summed E-state index contributed by atoms with van der Waals surface area (Å²) in [5.74, 6) is 0.576. The van der Waals surface area contributed by atoms with Crippen molar-refractivity contribution in [2.24, 2.45) is 0 Å². The molecule has 0 aliphatic heterocycles. The first-order chi connectivity index (χ1) is 7.20. The van der Waals surface area contributed by atoms with E-state index in [1.165, 1.54) is 0 Å². The van der Waals surface area contributed by atoms with Crippen molar-refractivity contribution >= 4 is 12.6 Å². The lowest BCUT2D eigenvalue weighted by Crippen LogP contribution is -2.19. The third kappa shape index (κ3) is 3.23. The molecule has 0 saturated heterocycles. The van der Waals surface area contributed by atoms with Crippen molar-refractivity contribution in [3.05, 3.63) is 35.4 Å². The third-order valence-corrected chi connectivity index (χ3v) is 2.80. The van der Waals surface area contributed by atoms with E-state index in [1.54, 1.807) is 0 Å². The summed E-state index contributed by atoms with van der Waals surface area (Å²) in [6, 6.07) is 7.67. The van der Waals surface area contributed by atoms with Crippen LogP contribution >= 0.6 is 12.6 Å². The van der Waals surface area contributed by atoms with Gasteiger partial charge in [0.25, 0.3) is 0 Å². The van der Waals surface area contributed by atoms with Crippen LogP contribution in [0.3, 0.4) is 0 Å². The molecule has 0 bridgehead atoms. The van der Waals surface area contributed by atoms with Crippen LogP contribution in [0.4, 0.5) is 0 Å². The van der Waals surface area contributed by atoms with Gasteiger partial charge in [-0.15, -0.1) is 0 Å². The highest BCUT2D eigenvalue weighted by Gasteiger charge is 2.19. The van der Waals surface area contributed by atoms with E-state index in [4.69, 9.17) is 0 Å². The third-order valence-electron chi connectivity index (χ3n) is 2.54. The molecule has 2 N–H and O–H groups in total. The molecular weight excluding hydrogens is 208 g/mol. The summed E-state index contributed by atoms with van der Waals surface area (Å²) >= 11 is 4.04. The molecule has 1 aromatic rings. The molecule has 84 valence electrons. The Morgan fingerprint density at radius 2 is 1.93 bits per heavy atom. The van der Waals surface area contributed by atoms with E-state index in [-0.39, 0.29) is 0 Å². The van der Waals surface area contributed by atoms with Gasteiger partial charge in [0.2, 0.25) is 0 Å². The van der Waals surface area contributed by atoms with Gasteiger partial charge in [0.15, 0.2) is 0 Å². The van der Waals surface area contributed by atoms with Crippen LogP contribution in [0.2, 0.25) is 0 Å². The van der Waals surface area contributed by atoms with Gasteiger partial charge in [-0.3, -0.25) is 0 Å². The molecule has 0 heterocycles. The zero-order chi connectivity index (χ0) is 11.3. The molecule has 0 fully saturated rings. The fourth-order valence-electron chi connectivity index (χ4n) is 1.64. The molecular formula is C12H18O2S. The lowest BCUT2D eigenvalue weighted by Gasteiger charge is -2.19. The molecule has 1 rings (SSSR count). The van der Waals surface area contributed by atoms with E-state index in [1.807, 2.05) is 31.2 Å². The molecule has 15 heavy (non-hydrogen) atoms. The Balaban J connectivity index is 2.84. The van der Waals surface area contributed by atoms with Gasteiger partial charge >= 0.3 is 0 Å². The topological polar surface area (TPSA) is 40.5 Å². The quantitative estimate of drug-likeness (QED) is 0.672. The second-order valence-corrected chi connectivity index (χ2v) is 4.02. The highest BCUT2D eigenvalue weighted by Crippen LogP contribution is 2.23. The Bertz CT molecular complexity index is 301. The van der Waals surface area contributed by atoms with Crippen molar-refractivity contribution in [3.8, 4) is 0 Å². The van der Waals surface area contributed by atoms with Crippen LogP contribution in [0.5, 0.6) is 0 Å². The van der Waals surface area contributed by atoms with Crippen LogP contribution in [0.15, 0.2) is 24.3 Å². The van der Waals surface area contributed by atoms with Crippen LogP contribution in [0, 0.1) is 0 Å². The molecule has 0 saturated carbocycles. The molecule has 0 amide bonds. The summed E-state index contributed by atoms with van der Waals surface area (Å²) < 4.78 is 0. The van der Waals surface area contributed by atoms with Gasteiger partial charge in [-0.25, -0.2) is 0 Å². The standard InChI is InChI=1S/C12H18O2S/c1-2-9-5-3-4-6-10(9)12(14)11(13)7-8-15/h3-6,11-15H,2,7-8H2,1H3. The molecule has 2 nitrogen and oxygen atoms in total. The normalized spacial score (nSPS) is 14.9. The summed E-state index contributed by atoms with van der Waals surface area (Å²) in [5, 5.41) is 19.6. The van der Waals surface area contributed by atoms with Gasteiger partial charge in [0.1, 0.15) is 6.10 Å². The van der Waals surface area contributed by atoms with E-state index in [0.717, 1.165) is 17.5 Å². The second-order valence-electron chi connectivity index (χ2n) is 3.58. The number of benzene rings is 1. The molecule has 2 atom stereocenters.